The molecule has 0 fully saturated rings. The van der Waals surface area contributed by atoms with E-state index in [2.05, 4.69) is 25.3 Å². The second-order valence-corrected chi connectivity index (χ2v) is 9.12. The third kappa shape index (κ3) is 5.05. The number of nitrogens with one attached hydrogen (secondary N) is 5. The van der Waals surface area contributed by atoms with Gasteiger partial charge in [0.05, 0.1) is 68.9 Å². The van der Waals surface area contributed by atoms with Crippen molar-refractivity contribution in [3.8, 4) is 0 Å². The van der Waals surface area contributed by atoms with E-state index in [0.717, 1.165) is 16.2 Å². The molecular weight excluding hydrogens is 524 g/mol. The first-order chi connectivity index (χ1) is 19.1. The number of ether oxygens (including phenoxy) is 1. The average molecular weight is 553 g/mol. The number of anilines is 2. The van der Waals surface area contributed by atoms with E-state index in [-0.39, 0.29) is 35.6 Å². The Hall–Kier alpha value is -5.65. The highest BCUT2D eigenvalue weighted by Gasteiger charge is 2.16. The number of allylic oxidation sites excluding steroid dienone is 1. The van der Waals surface area contributed by atoms with Crippen LogP contribution in [0, 0.1) is 10.8 Å². The largest absolute Gasteiger partial charge is 0.504 e. The molecule has 0 radical (unpaired) electrons. The third-order valence-electron chi connectivity index (χ3n) is 6.30. The number of hydrogen-bond acceptors (Lipinski definition) is 9. The highest BCUT2D eigenvalue weighted by atomic mass is 16.5. The summed E-state index contributed by atoms with van der Waals surface area (Å²) in [6.07, 6.45) is 5.88. The highest BCUT2D eigenvalue weighted by molar-refractivity contribution is 6.16. The number of benzene rings is 2. The number of nitrogens with two attached hydrogens (primary N) is 1. The summed E-state index contributed by atoms with van der Waals surface area (Å²) >= 11 is 0. The molecule has 4 aromatic heterocycles. The summed E-state index contributed by atoms with van der Waals surface area (Å²) in [7, 11) is 1.46. The molecule has 12 heteroatoms. The van der Waals surface area contributed by atoms with Crippen LogP contribution in [0.4, 0.5) is 11.4 Å². The molecular formula is C29H28N8O4. The Morgan fingerprint density at radius 3 is 2.15 bits per heavy atom. The van der Waals surface area contributed by atoms with Gasteiger partial charge in [-0.05, 0) is 24.3 Å². The molecule has 1 amide bonds. The summed E-state index contributed by atoms with van der Waals surface area (Å²) in [6.45, 7) is 2.87. The number of rotatable bonds is 5. The van der Waals surface area contributed by atoms with Gasteiger partial charge in [-0.25, -0.2) is 0 Å². The summed E-state index contributed by atoms with van der Waals surface area (Å²) in [6, 6.07) is 6.47. The first kappa shape index (κ1) is 28.4. The van der Waals surface area contributed by atoms with Crippen LogP contribution in [0.5, 0.6) is 0 Å². The molecule has 0 atom stereocenters. The minimum absolute atomic E-state index is 0. The van der Waals surface area contributed by atoms with Crippen LogP contribution < -0.4 is 21.8 Å². The Bertz CT molecular complexity index is 2110. The topological polar surface area (TPSA) is 204 Å². The van der Waals surface area contributed by atoms with E-state index in [1.165, 1.54) is 39.4 Å². The Labute approximate surface area is 233 Å². The van der Waals surface area contributed by atoms with Crippen molar-refractivity contribution in [3.63, 3.8) is 0 Å². The Morgan fingerprint density at radius 2 is 1.51 bits per heavy atom. The zero-order valence-corrected chi connectivity index (χ0v) is 21.7. The molecule has 0 saturated heterocycles. The highest BCUT2D eigenvalue weighted by Crippen LogP contribution is 2.29. The summed E-state index contributed by atoms with van der Waals surface area (Å²) in [4.78, 5) is 49.4. The number of carbonyl (C=O) groups excluding carboxylic acids is 3. The molecule has 0 aliphatic carbocycles. The van der Waals surface area contributed by atoms with Crippen molar-refractivity contribution < 1.29 is 19.1 Å². The van der Waals surface area contributed by atoms with Crippen molar-refractivity contribution in [1.29, 1.82) is 10.8 Å². The van der Waals surface area contributed by atoms with Crippen molar-refractivity contribution in [1.82, 2.24) is 19.9 Å². The quantitative estimate of drug-likeness (QED) is 0.0802. The molecule has 0 aliphatic heterocycles. The number of Topliss-reactive ketones (excluding diaryl/α,β-unsaturated/α-hetero) is 1. The molecule has 0 unspecified atom stereocenters. The van der Waals surface area contributed by atoms with Crippen LogP contribution in [-0.4, -0.2) is 44.5 Å². The van der Waals surface area contributed by atoms with Gasteiger partial charge in [0.2, 0.25) is 11.7 Å². The molecule has 6 rings (SSSR count). The van der Waals surface area contributed by atoms with E-state index in [4.69, 9.17) is 21.3 Å². The number of nitrogen functional groups attached to an aromatic ring is 1. The summed E-state index contributed by atoms with van der Waals surface area (Å²) in [5.41, 5.74) is 9.93. The minimum atomic E-state index is -0.268. The number of hydrogen-bond donors (Lipinski definition) is 6. The molecule has 0 spiro atoms. The average Bonchev–Trinajstić information content (AvgIpc) is 3.54. The number of carbonyl (C=O) groups is 3. The van der Waals surface area contributed by atoms with Crippen LogP contribution in [0.1, 0.15) is 42.3 Å². The van der Waals surface area contributed by atoms with Crippen LogP contribution in [0.25, 0.3) is 43.6 Å². The SMILES string of the molecule is C.CC(=O)c1cc2cnc3c(N)cc(=N)c([nH]1)c23.CO/C=C/C(=O)c1cc2cnc3c(=N)cc(NC(C)=O)c([nH]1)c23. The Kier molecular flexibility index (Phi) is 7.50. The molecule has 41 heavy (non-hydrogen) atoms. The van der Waals surface area contributed by atoms with Crippen molar-refractivity contribution >= 4 is 72.5 Å². The molecule has 0 saturated carbocycles. The molecule has 12 nitrogen and oxygen atoms in total. The second kappa shape index (κ2) is 10.8. The van der Waals surface area contributed by atoms with Crippen molar-refractivity contribution in [2.75, 3.05) is 18.2 Å². The van der Waals surface area contributed by atoms with Gasteiger partial charge in [0.25, 0.3) is 0 Å². The predicted molar refractivity (Wildman–Crippen MR) is 157 cm³/mol. The molecule has 0 aliphatic rings. The zero-order chi connectivity index (χ0) is 28.7. The first-order valence-electron chi connectivity index (χ1n) is 12.0. The van der Waals surface area contributed by atoms with Gasteiger partial charge < -0.3 is 25.8 Å². The van der Waals surface area contributed by atoms with Crippen molar-refractivity contribution in [3.05, 3.63) is 71.1 Å². The van der Waals surface area contributed by atoms with Gasteiger partial charge in [-0.3, -0.25) is 35.2 Å². The van der Waals surface area contributed by atoms with Crippen LogP contribution in [0.2, 0.25) is 0 Å². The first-order valence-corrected chi connectivity index (χ1v) is 12.0. The van der Waals surface area contributed by atoms with Gasteiger partial charge in [0.1, 0.15) is 0 Å². The molecule has 2 aromatic carbocycles. The monoisotopic (exact) mass is 552 g/mol. The van der Waals surface area contributed by atoms with Gasteiger partial charge in [-0.15, -0.1) is 0 Å². The van der Waals surface area contributed by atoms with E-state index in [1.807, 2.05) is 0 Å². The summed E-state index contributed by atoms with van der Waals surface area (Å²) in [5.74, 6) is -0.596. The predicted octanol–water partition coefficient (Wildman–Crippen LogP) is 3.99. The lowest BCUT2D eigenvalue weighted by atomic mass is 10.1. The van der Waals surface area contributed by atoms with E-state index in [0.29, 0.717) is 50.2 Å². The molecule has 4 heterocycles. The Morgan fingerprint density at radius 1 is 0.902 bits per heavy atom. The summed E-state index contributed by atoms with van der Waals surface area (Å²) < 4.78 is 4.76. The number of amides is 1. The molecule has 0 bridgehead atoms. The lowest BCUT2D eigenvalue weighted by Gasteiger charge is -2.09. The van der Waals surface area contributed by atoms with Gasteiger partial charge >= 0.3 is 0 Å². The van der Waals surface area contributed by atoms with E-state index < -0.39 is 0 Å². The third-order valence-corrected chi connectivity index (χ3v) is 6.30. The minimum Gasteiger partial charge on any atom is -0.504 e. The fourth-order valence-corrected chi connectivity index (χ4v) is 4.56. The normalized spacial score (nSPS) is 11.1. The maximum Gasteiger partial charge on any atom is 0.221 e. The van der Waals surface area contributed by atoms with Crippen LogP contribution >= 0.6 is 0 Å². The zero-order valence-electron chi connectivity index (χ0n) is 21.7. The van der Waals surface area contributed by atoms with Crippen LogP contribution in [-0.2, 0) is 9.53 Å². The van der Waals surface area contributed by atoms with E-state index in [1.54, 1.807) is 30.6 Å². The van der Waals surface area contributed by atoms with Crippen molar-refractivity contribution in [2.24, 2.45) is 0 Å². The fourth-order valence-electron chi connectivity index (χ4n) is 4.56. The van der Waals surface area contributed by atoms with E-state index >= 15 is 0 Å². The lowest BCUT2D eigenvalue weighted by Crippen LogP contribution is -2.11. The summed E-state index contributed by atoms with van der Waals surface area (Å²) in [5, 5.41) is 22.2. The fraction of sp³-hybridized carbons (Fsp3) is 0.138. The number of pyridine rings is 2. The maximum absolute atomic E-state index is 12.2. The standard InChI is InChI=1S/C16H14N4O3.C12H10N4O.CH4/c1-8(21)19-12-6-10(17)15-14-9(7-18-15)5-11(20-16(12)14)13(22)3-4-23-2;1-5(17)9-2-6-4-15-11-7(13)3-8(14)12(16-9)10(6)11;/h3-7,17,20H,1-2H3,(H,19,21);2-4,14,16H,13H2,1H3;1H4/b4-3+,17-10?;;. The van der Waals surface area contributed by atoms with Gasteiger partial charge in [-0.2, -0.15) is 0 Å². The number of nitrogens with zero attached hydrogens (tertiary/aromatic N) is 2. The number of methoxy groups -OCH3 is 1. The number of aromatic amines is 2. The van der Waals surface area contributed by atoms with E-state index in [9.17, 15) is 14.4 Å². The van der Waals surface area contributed by atoms with Crippen LogP contribution in [0.3, 0.4) is 0 Å². The van der Waals surface area contributed by atoms with Gasteiger partial charge in [0, 0.05) is 53.9 Å². The Balaban J connectivity index is 0.000000192. The second-order valence-electron chi connectivity index (χ2n) is 9.12. The number of H-pyrrole nitrogens is 2. The number of ketones is 2. The van der Waals surface area contributed by atoms with Gasteiger partial charge in [0.15, 0.2) is 5.78 Å². The lowest BCUT2D eigenvalue weighted by molar-refractivity contribution is -0.114. The van der Waals surface area contributed by atoms with Gasteiger partial charge in [-0.1, -0.05) is 7.43 Å². The smallest absolute Gasteiger partial charge is 0.221 e. The molecule has 208 valence electrons. The molecule has 7 N–H and O–H groups in total. The van der Waals surface area contributed by atoms with Crippen molar-refractivity contribution in [2.45, 2.75) is 21.3 Å². The maximum atomic E-state index is 12.2. The van der Waals surface area contributed by atoms with Crippen LogP contribution in [0.15, 0.2) is 49.0 Å². The number of aromatic nitrogens is 4. The molecule has 6 aromatic rings.